The van der Waals surface area contributed by atoms with E-state index in [9.17, 15) is 13.6 Å². The molecule has 8 heteroatoms. The molecule has 0 aliphatic carbocycles. The average molecular weight is 354 g/mol. The van der Waals surface area contributed by atoms with Crippen LogP contribution in [0.1, 0.15) is 18.5 Å². The van der Waals surface area contributed by atoms with Crippen LogP contribution in [0.2, 0.25) is 0 Å². The Labute approximate surface area is 143 Å². The van der Waals surface area contributed by atoms with E-state index >= 15 is 0 Å². The Kier molecular flexibility index (Phi) is 5.86. The molecule has 2 N–H and O–H groups in total. The van der Waals surface area contributed by atoms with Gasteiger partial charge in [0.25, 0.3) is 0 Å². The molecule has 0 aromatic heterocycles. The number of hydrogen-bond donors (Lipinski definition) is 2. The van der Waals surface area contributed by atoms with Gasteiger partial charge in [0, 0.05) is 11.3 Å². The Morgan fingerprint density at radius 3 is 2.83 bits per heavy atom. The van der Waals surface area contributed by atoms with Crippen molar-refractivity contribution in [2.45, 2.75) is 19.6 Å². The fourth-order valence-electron chi connectivity index (χ4n) is 2.33. The molecule has 2 rings (SSSR count). The monoisotopic (exact) mass is 354 g/mol. The molecule has 0 saturated heterocycles. The number of rotatable bonds is 6. The van der Waals surface area contributed by atoms with E-state index in [0.29, 0.717) is 11.3 Å². The van der Waals surface area contributed by atoms with Gasteiger partial charge in [0.15, 0.2) is 5.11 Å². The van der Waals surface area contributed by atoms with Crippen LogP contribution in [0.3, 0.4) is 0 Å². The van der Waals surface area contributed by atoms with Crippen molar-refractivity contribution in [3.63, 3.8) is 0 Å². The molecule has 1 atom stereocenters. The molecule has 5 nitrogen and oxygen atoms in total. The van der Waals surface area contributed by atoms with Crippen molar-refractivity contribution in [3.8, 4) is 5.75 Å². The molecule has 0 fully saturated rings. The van der Waals surface area contributed by atoms with Gasteiger partial charge in [-0.05, 0) is 25.2 Å². The topological polar surface area (TPSA) is 59.6 Å². The van der Waals surface area contributed by atoms with Crippen molar-refractivity contribution in [2.75, 3.05) is 6.61 Å². The lowest BCUT2D eigenvalue weighted by atomic mass is 9.95. The first-order chi connectivity index (χ1) is 11.4. The summed E-state index contributed by atoms with van der Waals surface area (Å²) in [6.45, 7) is 2.18. The van der Waals surface area contributed by atoms with Crippen LogP contribution in [0.25, 0.3) is 0 Å². The number of carbonyl (C=O) groups excluding carboxylic acids is 1. The highest BCUT2D eigenvalue weighted by Gasteiger charge is 2.33. The lowest BCUT2D eigenvalue weighted by molar-refractivity contribution is -0.138. The summed E-state index contributed by atoms with van der Waals surface area (Å²) in [5.74, 6) is -0.650. The Balaban J connectivity index is 2.45. The van der Waals surface area contributed by atoms with E-state index in [1.807, 2.05) is 0 Å². The zero-order chi connectivity index (χ0) is 17.7. The summed E-state index contributed by atoms with van der Waals surface area (Å²) in [5, 5.41) is 5.99. The van der Waals surface area contributed by atoms with E-state index in [1.54, 1.807) is 25.1 Å². The summed E-state index contributed by atoms with van der Waals surface area (Å²) in [5.41, 5.74) is 1.06. The molecule has 128 valence electrons. The molecule has 1 aromatic carbocycles. The molecule has 0 saturated carbocycles. The van der Waals surface area contributed by atoms with Crippen LogP contribution in [0, 0.1) is 0 Å². The van der Waals surface area contributed by atoms with Gasteiger partial charge in [0.1, 0.15) is 12.4 Å². The van der Waals surface area contributed by atoms with E-state index in [-0.39, 0.29) is 23.0 Å². The molecular formula is C16H16F2N2O3S. The minimum atomic E-state index is -2.99. The summed E-state index contributed by atoms with van der Waals surface area (Å²) in [6, 6.07) is 5.43. The highest BCUT2D eigenvalue weighted by atomic mass is 32.1. The normalized spacial score (nSPS) is 17.2. The maximum absolute atomic E-state index is 12.6. The van der Waals surface area contributed by atoms with Gasteiger partial charge in [-0.15, -0.1) is 0 Å². The quantitative estimate of drug-likeness (QED) is 0.465. The molecule has 0 bridgehead atoms. The standard InChI is InChI=1S/C16H16F2N2O3S/c1-3-8-22-14(21)12-9(2)19-16(24)20-13(12)10-6-4-5-7-11(10)23-15(17)18/h3-7,13,15H,1,8H2,2H3,(H2,19,20,24)/t13-/m1/s1. The minimum Gasteiger partial charge on any atom is -0.458 e. The second kappa shape index (κ2) is 7.87. The van der Waals surface area contributed by atoms with Crippen molar-refractivity contribution < 1.29 is 23.0 Å². The number of benzene rings is 1. The number of carbonyl (C=O) groups is 1. The smallest absolute Gasteiger partial charge is 0.387 e. The van der Waals surface area contributed by atoms with Crippen LogP contribution in [-0.4, -0.2) is 24.3 Å². The van der Waals surface area contributed by atoms with E-state index in [1.165, 1.54) is 12.1 Å². The Hall–Kier alpha value is -2.48. The van der Waals surface area contributed by atoms with Gasteiger partial charge in [0.05, 0.1) is 11.6 Å². The number of para-hydroxylation sites is 1. The molecule has 1 aromatic rings. The molecule has 24 heavy (non-hydrogen) atoms. The van der Waals surface area contributed by atoms with Gasteiger partial charge in [-0.3, -0.25) is 0 Å². The number of thiocarbonyl (C=S) groups is 1. The third-order valence-electron chi connectivity index (χ3n) is 3.27. The fraction of sp³-hybridized carbons (Fsp3) is 0.250. The summed E-state index contributed by atoms with van der Waals surface area (Å²) in [4.78, 5) is 12.4. The zero-order valence-corrected chi connectivity index (χ0v) is 13.7. The third-order valence-corrected chi connectivity index (χ3v) is 3.49. The van der Waals surface area contributed by atoms with E-state index < -0.39 is 18.6 Å². The third kappa shape index (κ3) is 4.08. The first-order valence-electron chi connectivity index (χ1n) is 7.04. The Morgan fingerprint density at radius 2 is 2.17 bits per heavy atom. The van der Waals surface area contributed by atoms with E-state index in [4.69, 9.17) is 17.0 Å². The summed E-state index contributed by atoms with van der Waals surface area (Å²) in [7, 11) is 0. The maximum Gasteiger partial charge on any atom is 0.387 e. The van der Waals surface area contributed by atoms with Crippen LogP contribution in [0.5, 0.6) is 5.75 Å². The second-order valence-corrected chi connectivity index (χ2v) is 5.28. The largest absolute Gasteiger partial charge is 0.458 e. The van der Waals surface area contributed by atoms with Crippen molar-refractivity contribution in [1.82, 2.24) is 10.6 Å². The van der Waals surface area contributed by atoms with Crippen LogP contribution < -0.4 is 15.4 Å². The molecule has 1 aliphatic heterocycles. The molecule has 0 unspecified atom stereocenters. The zero-order valence-electron chi connectivity index (χ0n) is 12.8. The predicted octanol–water partition coefficient (Wildman–Crippen LogP) is 2.81. The van der Waals surface area contributed by atoms with Gasteiger partial charge >= 0.3 is 12.6 Å². The first-order valence-corrected chi connectivity index (χ1v) is 7.45. The van der Waals surface area contributed by atoms with Crippen molar-refractivity contribution in [2.24, 2.45) is 0 Å². The molecule has 1 heterocycles. The molecule has 0 radical (unpaired) electrons. The van der Waals surface area contributed by atoms with Crippen LogP contribution in [0.15, 0.2) is 48.2 Å². The number of halogens is 2. The predicted molar refractivity (Wildman–Crippen MR) is 88.5 cm³/mol. The van der Waals surface area contributed by atoms with Gasteiger partial charge in [-0.2, -0.15) is 8.78 Å². The van der Waals surface area contributed by atoms with Crippen molar-refractivity contribution >= 4 is 23.3 Å². The van der Waals surface area contributed by atoms with Crippen molar-refractivity contribution in [1.29, 1.82) is 0 Å². The van der Waals surface area contributed by atoms with E-state index in [2.05, 4.69) is 21.9 Å². The number of hydrogen-bond acceptors (Lipinski definition) is 4. The van der Waals surface area contributed by atoms with Crippen LogP contribution >= 0.6 is 12.2 Å². The second-order valence-electron chi connectivity index (χ2n) is 4.87. The number of nitrogens with one attached hydrogen (secondary N) is 2. The summed E-state index contributed by atoms with van der Waals surface area (Å²) < 4.78 is 34.9. The van der Waals surface area contributed by atoms with Gasteiger partial charge in [-0.25, -0.2) is 4.79 Å². The Bertz CT molecular complexity index is 692. The highest BCUT2D eigenvalue weighted by Crippen LogP contribution is 2.34. The average Bonchev–Trinajstić information content (AvgIpc) is 2.51. The van der Waals surface area contributed by atoms with Gasteiger partial charge in [-0.1, -0.05) is 30.9 Å². The highest BCUT2D eigenvalue weighted by molar-refractivity contribution is 7.80. The van der Waals surface area contributed by atoms with Crippen molar-refractivity contribution in [3.05, 3.63) is 53.8 Å². The fourth-order valence-corrected chi connectivity index (χ4v) is 2.60. The summed E-state index contributed by atoms with van der Waals surface area (Å²) >= 11 is 5.10. The van der Waals surface area contributed by atoms with E-state index in [0.717, 1.165) is 0 Å². The van der Waals surface area contributed by atoms with Gasteiger partial charge in [0.2, 0.25) is 0 Å². The number of esters is 1. The SMILES string of the molecule is C=CCOC(=O)C1=C(C)NC(=S)N[C@@H]1c1ccccc1OC(F)F. The first kappa shape index (κ1) is 17.9. The maximum atomic E-state index is 12.6. The molecule has 0 amide bonds. The number of allylic oxidation sites excluding steroid dienone is 1. The lowest BCUT2D eigenvalue weighted by Crippen LogP contribution is -2.45. The molecule has 0 spiro atoms. The molecule has 1 aliphatic rings. The van der Waals surface area contributed by atoms with Crippen LogP contribution in [0.4, 0.5) is 8.78 Å². The minimum absolute atomic E-state index is 0.0297. The number of ether oxygens (including phenoxy) is 2. The van der Waals surface area contributed by atoms with Gasteiger partial charge < -0.3 is 20.1 Å². The summed E-state index contributed by atoms with van der Waals surface area (Å²) in [6.07, 6.45) is 1.44. The Morgan fingerprint density at radius 1 is 1.46 bits per heavy atom. The number of alkyl halides is 2. The lowest BCUT2D eigenvalue weighted by Gasteiger charge is -2.30. The van der Waals surface area contributed by atoms with Crippen LogP contribution in [-0.2, 0) is 9.53 Å². The molecular weight excluding hydrogens is 338 g/mol.